The average Bonchev–Trinajstić information content (AvgIpc) is 2.93. The van der Waals surface area contributed by atoms with Crippen molar-refractivity contribution >= 4 is 11.5 Å². The number of hydrogen-bond acceptors (Lipinski definition) is 3. The molecular weight excluding hydrogens is 260 g/mol. The van der Waals surface area contributed by atoms with Gasteiger partial charge in [0, 0.05) is 36.2 Å². The molecule has 0 spiro atoms. The normalized spacial score (nSPS) is 23.0. The number of hydrogen-bond donors (Lipinski definition) is 1. The number of likely N-dealkylation sites (N-methyl/N-ethyl adjacent to an activating group) is 1. The lowest BCUT2D eigenvalue weighted by Crippen LogP contribution is -2.40. The second-order valence-electron chi connectivity index (χ2n) is 6.22. The summed E-state index contributed by atoms with van der Waals surface area (Å²) in [6.45, 7) is 9.65. The van der Waals surface area contributed by atoms with Crippen molar-refractivity contribution in [3.05, 3.63) is 28.8 Å². The largest absolute Gasteiger partial charge is 0.384 e. The van der Waals surface area contributed by atoms with E-state index in [9.17, 15) is 4.79 Å². The minimum absolute atomic E-state index is 0.290. The molecule has 3 heteroatoms. The van der Waals surface area contributed by atoms with Crippen LogP contribution in [-0.2, 0) is 6.42 Å². The summed E-state index contributed by atoms with van der Waals surface area (Å²) >= 11 is 0. The maximum absolute atomic E-state index is 12.3. The van der Waals surface area contributed by atoms with Crippen molar-refractivity contribution in [3.8, 4) is 0 Å². The van der Waals surface area contributed by atoms with Crippen LogP contribution in [0.4, 0.5) is 5.69 Å². The van der Waals surface area contributed by atoms with Gasteiger partial charge in [0.25, 0.3) is 0 Å². The Morgan fingerprint density at radius 2 is 2.05 bits per heavy atom. The van der Waals surface area contributed by atoms with Crippen LogP contribution in [0.1, 0.15) is 61.0 Å². The third-order valence-electron chi connectivity index (χ3n) is 5.25. The molecule has 1 aliphatic heterocycles. The summed E-state index contributed by atoms with van der Waals surface area (Å²) in [5.74, 6) is 0.873. The molecule has 0 saturated heterocycles. The molecule has 0 saturated carbocycles. The molecule has 1 heterocycles. The molecule has 1 aromatic rings. The summed E-state index contributed by atoms with van der Waals surface area (Å²) in [5, 5.41) is 3.53. The number of carbonyl (C=O) groups is 1. The Morgan fingerprint density at radius 1 is 1.29 bits per heavy atom. The van der Waals surface area contributed by atoms with Gasteiger partial charge >= 0.3 is 0 Å². The Balaban J connectivity index is 2.02. The van der Waals surface area contributed by atoms with Crippen molar-refractivity contribution in [1.82, 2.24) is 4.90 Å². The highest BCUT2D eigenvalue weighted by Crippen LogP contribution is 2.44. The Labute approximate surface area is 127 Å². The van der Waals surface area contributed by atoms with Gasteiger partial charge in [-0.3, -0.25) is 4.79 Å². The van der Waals surface area contributed by atoms with Gasteiger partial charge in [-0.2, -0.15) is 0 Å². The monoisotopic (exact) mass is 286 g/mol. The van der Waals surface area contributed by atoms with E-state index in [1.807, 2.05) is 13.0 Å². The standard InChI is InChI=1S/C18H26N2O/c1-4-17(21)14-7-8-16-18-12(11-19-16)9-13(10-15(14)18)20(5-2)6-3/h7-8,12-13,19H,4-6,9-11H2,1-3H3. The van der Waals surface area contributed by atoms with Gasteiger partial charge in [0.1, 0.15) is 0 Å². The second-order valence-corrected chi connectivity index (χ2v) is 6.22. The second kappa shape index (κ2) is 5.80. The topological polar surface area (TPSA) is 32.3 Å². The highest BCUT2D eigenvalue weighted by molar-refractivity contribution is 5.98. The van der Waals surface area contributed by atoms with Gasteiger partial charge < -0.3 is 10.2 Å². The number of benzene rings is 1. The van der Waals surface area contributed by atoms with Crippen molar-refractivity contribution in [2.75, 3.05) is 25.0 Å². The van der Waals surface area contributed by atoms with E-state index < -0.39 is 0 Å². The van der Waals surface area contributed by atoms with Crippen LogP contribution >= 0.6 is 0 Å². The fraction of sp³-hybridized carbons (Fsp3) is 0.611. The van der Waals surface area contributed by atoms with Gasteiger partial charge in [0.2, 0.25) is 0 Å². The van der Waals surface area contributed by atoms with Crippen LogP contribution in [-0.4, -0.2) is 36.4 Å². The SMILES string of the molecule is CCC(=O)c1ccc2c3c1CC(N(CC)CC)CC3CN2. The van der Waals surface area contributed by atoms with Gasteiger partial charge in [-0.1, -0.05) is 20.8 Å². The van der Waals surface area contributed by atoms with E-state index in [1.165, 1.54) is 23.2 Å². The first-order valence-corrected chi connectivity index (χ1v) is 8.36. The Morgan fingerprint density at radius 3 is 2.71 bits per heavy atom. The Hall–Kier alpha value is -1.35. The Bertz CT molecular complexity index is 548. The van der Waals surface area contributed by atoms with E-state index >= 15 is 0 Å². The van der Waals surface area contributed by atoms with Crippen molar-refractivity contribution in [2.24, 2.45) is 0 Å². The van der Waals surface area contributed by atoms with Crippen molar-refractivity contribution in [2.45, 2.75) is 52.0 Å². The predicted molar refractivity (Wildman–Crippen MR) is 87.3 cm³/mol. The Kier molecular flexibility index (Phi) is 4.03. The number of nitrogens with one attached hydrogen (secondary N) is 1. The number of nitrogens with zero attached hydrogens (tertiary/aromatic N) is 1. The zero-order valence-electron chi connectivity index (χ0n) is 13.4. The summed E-state index contributed by atoms with van der Waals surface area (Å²) in [6.07, 6.45) is 2.85. The zero-order valence-corrected chi connectivity index (χ0v) is 13.4. The molecule has 0 aromatic heterocycles. The van der Waals surface area contributed by atoms with E-state index in [0.29, 0.717) is 24.2 Å². The fourth-order valence-corrected chi connectivity index (χ4v) is 4.16. The fourth-order valence-electron chi connectivity index (χ4n) is 4.16. The summed E-state index contributed by atoms with van der Waals surface area (Å²) in [6, 6.07) is 4.73. The first-order chi connectivity index (χ1) is 10.2. The number of ketones is 1. The molecule has 3 rings (SSSR count). The van der Waals surface area contributed by atoms with E-state index in [4.69, 9.17) is 0 Å². The molecule has 1 N–H and O–H groups in total. The molecule has 0 bridgehead atoms. The molecule has 2 atom stereocenters. The molecule has 114 valence electrons. The molecular formula is C18H26N2O. The van der Waals surface area contributed by atoms with E-state index in [2.05, 4.69) is 30.1 Å². The van der Waals surface area contributed by atoms with E-state index in [1.54, 1.807) is 0 Å². The molecule has 2 unspecified atom stereocenters. The lowest BCUT2D eigenvalue weighted by Gasteiger charge is -2.36. The van der Waals surface area contributed by atoms with Crippen molar-refractivity contribution in [3.63, 3.8) is 0 Å². The molecule has 2 aliphatic rings. The highest BCUT2D eigenvalue weighted by atomic mass is 16.1. The van der Waals surface area contributed by atoms with Crippen LogP contribution in [0.5, 0.6) is 0 Å². The van der Waals surface area contributed by atoms with Crippen LogP contribution < -0.4 is 5.32 Å². The molecule has 0 fully saturated rings. The number of Topliss-reactive ketones (excluding diaryl/α,β-unsaturated/α-hetero) is 1. The summed E-state index contributed by atoms with van der Waals surface area (Å²) in [4.78, 5) is 14.9. The van der Waals surface area contributed by atoms with E-state index in [-0.39, 0.29) is 0 Å². The quantitative estimate of drug-likeness (QED) is 0.842. The third-order valence-corrected chi connectivity index (χ3v) is 5.25. The van der Waals surface area contributed by atoms with Gasteiger partial charge in [-0.15, -0.1) is 0 Å². The summed E-state index contributed by atoms with van der Waals surface area (Å²) < 4.78 is 0. The number of anilines is 1. The molecule has 1 aliphatic carbocycles. The van der Waals surface area contributed by atoms with Crippen LogP contribution in [0.15, 0.2) is 12.1 Å². The molecule has 0 radical (unpaired) electrons. The minimum Gasteiger partial charge on any atom is -0.384 e. The average molecular weight is 286 g/mol. The maximum atomic E-state index is 12.3. The van der Waals surface area contributed by atoms with Crippen molar-refractivity contribution in [1.29, 1.82) is 0 Å². The lowest BCUT2D eigenvalue weighted by atomic mass is 9.78. The first-order valence-electron chi connectivity index (χ1n) is 8.36. The van der Waals surface area contributed by atoms with Crippen LogP contribution in [0.2, 0.25) is 0 Å². The smallest absolute Gasteiger partial charge is 0.162 e. The van der Waals surface area contributed by atoms with Crippen LogP contribution in [0.25, 0.3) is 0 Å². The molecule has 21 heavy (non-hydrogen) atoms. The summed E-state index contributed by atoms with van der Waals surface area (Å²) in [5.41, 5.74) is 5.01. The van der Waals surface area contributed by atoms with Crippen LogP contribution in [0.3, 0.4) is 0 Å². The third kappa shape index (κ3) is 2.38. The molecule has 0 amide bonds. The van der Waals surface area contributed by atoms with Gasteiger partial charge in [0.05, 0.1) is 0 Å². The van der Waals surface area contributed by atoms with E-state index in [0.717, 1.165) is 31.6 Å². The predicted octanol–water partition coefficient (Wildman–Crippen LogP) is 3.45. The minimum atomic E-state index is 0.290. The summed E-state index contributed by atoms with van der Waals surface area (Å²) in [7, 11) is 0. The van der Waals surface area contributed by atoms with Gasteiger partial charge in [-0.25, -0.2) is 0 Å². The maximum Gasteiger partial charge on any atom is 0.162 e. The van der Waals surface area contributed by atoms with Gasteiger partial charge in [-0.05, 0) is 49.2 Å². The lowest BCUT2D eigenvalue weighted by molar-refractivity contribution is 0.0986. The number of rotatable bonds is 5. The highest BCUT2D eigenvalue weighted by Gasteiger charge is 2.36. The van der Waals surface area contributed by atoms with Crippen LogP contribution in [0, 0.1) is 0 Å². The zero-order chi connectivity index (χ0) is 15.0. The molecule has 1 aromatic carbocycles. The van der Waals surface area contributed by atoms with Gasteiger partial charge in [0.15, 0.2) is 5.78 Å². The first kappa shape index (κ1) is 14.6. The number of carbonyl (C=O) groups excluding carboxylic acids is 1. The molecule has 3 nitrogen and oxygen atoms in total. The van der Waals surface area contributed by atoms with Crippen molar-refractivity contribution < 1.29 is 4.79 Å².